The zero-order valence-corrected chi connectivity index (χ0v) is 16.7. The molecule has 1 rings (SSSR count). The largest absolute Gasteiger partial charge is 0.478 e. The minimum atomic E-state index is -1.24. The number of hydrogen-bond acceptors (Lipinski definition) is 3. The molecule has 1 N–H and O–H groups in total. The number of nitro benzene ring substituents is 1. The summed E-state index contributed by atoms with van der Waals surface area (Å²) < 4.78 is 0. The fraction of sp³-hybridized carbons (Fsp3) is 0. The van der Waals surface area contributed by atoms with Gasteiger partial charge in [-0.2, -0.15) is 0 Å². The molecular weight excluding hydrogens is 440 g/mol. The third-order valence-electron chi connectivity index (χ3n) is 1.40. The van der Waals surface area contributed by atoms with Crippen LogP contribution >= 0.6 is 0 Å². The van der Waals surface area contributed by atoms with Crippen molar-refractivity contribution in [2.45, 2.75) is 0 Å². The van der Waals surface area contributed by atoms with Crippen molar-refractivity contribution in [3.05, 3.63) is 33.9 Å². The van der Waals surface area contributed by atoms with Gasteiger partial charge in [0.2, 0.25) is 0 Å². The molecule has 0 amide bonds. The molecule has 0 fully saturated rings. The van der Waals surface area contributed by atoms with Gasteiger partial charge in [0.15, 0.2) is 0 Å². The van der Waals surface area contributed by atoms with E-state index in [2.05, 4.69) is 0 Å². The van der Waals surface area contributed by atoms with E-state index in [1.165, 1.54) is 0 Å². The molecule has 0 unspecified atom stereocenters. The zero-order valence-electron chi connectivity index (χ0n) is 8.16. The van der Waals surface area contributed by atoms with Crippen LogP contribution in [-0.4, -0.2) is 23.8 Å². The fourth-order valence-corrected chi connectivity index (χ4v) is 0.864. The monoisotopic (exact) mass is 444 g/mol. The number of carbonyl (C=O) groups is 1. The van der Waals surface area contributed by atoms with E-state index in [-0.39, 0.29) is 115 Å². The molecule has 73 valence electrons. The molecule has 0 aliphatic carbocycles. The van der Waals surface area contributed by atoms with Gasteiger partial charge in [-0.05, 0) is 0 Å². The maximum Gasteiger partial charge on any atom is 0.335 e. The quantitative estimate of drug-likeness (QED) is 0.399. The standard InChI is InChI=1S/C7H4BNO4.3Y/c8-5-1-4(7(10)11)2-6(3-5)9(12)13;;;/h1-3H,(H,10,11);;;. The van der Waals surface area contributed by atoms with E-state index in [0.717, 1.165) is 18.2 Å². The third-order valence-corrected chi connectivity index (χ3v) is 1.40. The average molecular weight is 444 g/mol. The first-order valence-electron chi connectivity index (χ1n) is 3.29. The zero-order chi connectivity index (χ0) is 10.0. The molecule has 0 aliphatic heterocycles. The SMILES string of the molecule is [B]c1cc(C(=O)O)cc([N+](=O)[O-])c1.[Y].[Y].[Y]. The van der Waals surface area contributed by atoms with Gasteiger partial charge in [0, 0.05) is 110 Å². The van der Waals surface area contributed by atoms with Crippen LogP contribution < -0.4 is 5.46 Å². The molecule has 1 aromatic rings. The summed E-state index contributed by atoms with van der Waals surface area (Å²) in [5, 5.41) is 18.8. The second kappa shape index (κ2) is 10.4. The number of hydrogen-bond donors (Lipinski definition) is 1. The Balaban J connectivity index is -0.000000563. The van der Waals surface area contributed by atoms with E-state index in [1.54, 1.807) is 0 Å². The molecule has 0 spiro atoms. The van der Waals surface area contributed by atoms with E-state index in [9.17, 15) is 14.9 Å². The molecule has 1 aromatic carbocycles. The van der Waals surface area contributed by atoms with Crippen molar-refractivity contribution >= 4 is 25.0 Å². The minimum absolute atomic E-state index is 0. The summed E-state index contributed by atoms with van der Waals surface area (Å²) in [4.78, 5) is 20.0. The van der Waals surface area contributed by atoms with Crippen molar-refractivity contribution in [1.82, 2.24) is 0 Å². The van der Waals surface area contributed by atoms with Gasteiger partial charge >= 0.3 is 5.97 Å². The molecule has 0 bridgehead atoms. The molecule has 9 heteroatoms. The number of rotatable bonds is 2. The molecule has 5 nitrogen and oxygen atoms in total. The molecule has 5 radical (unpaired) electrons. The van der Waals surface area contributed by atoms with E-state index in [4.69, 9.17) is 13.0 Å². The van der Waals surface area contributed by atoms with Crippen molar-refractivity contribution in [2.75, 3.05) is 0 Å². The minimum Gasteiger partial charge on any atom is -0.478 e. The number of nitro groups is 1. The number of non-ortho nitro benzene ring substituents is 1. The Kier molecular flexibility index (Phi) is 14.7. The maximum atomic E-state index is 10.4. The molecule has 16 heavy (non-hydrogen) atoms. The normalized spacial score (nSPS) is 7.75. The van der Waals surface area contributed by atoms with Gasteiger partial charge in [-0.15, -0.1) is 0 Å². The van der Waals surface area contributed by atoms with Crippen molar-refractivity contribution in [3.8, 4) is 0 Å². The van der Waals surface area contributed by atoms with Crippen LogP contribution in [0.3, 0.4) is 0 Å². The first-order valence-corrected chi connectivity index (χ1v) is 3.29. The van der Waals surface area contributed by atoms with Crippen LogP contribution in [0, 0.1) is 10.1 Å². The first-order chi connectivity index (χ1) is 6.00. The van der Waals surface area contributed by atoms with Gasteiger partial charge < -0.3 is 5.11 Å². The fourth-order valence-electron chi connectivity index (χ4n) is 0.864. The second-order valence-corrected chi connectivity index (χ2v) is 2.38. The number of aromatic carboxylic acids is 1. The Morgan fingerprint density at radius 2 is 1.75 bits per heavy atom. The van der Waals surface area contributed by atoms with Crippen LogP contribution in [0.1, 0.15) is 10.4 Å². The molecule has 0 atom stereocenters. The predicted molar refractivity (Wildman–Crippen MR) is 45.4 cm³/mol. The van der Waals surface area contributed by atoms with E-state index in [0.29, 0.717) is 0 Å². The van der Waals surface area contributed by atoms with Gasteiger partial charge in [-0.1, -0.05) is 11.5 Å². The molecule has 0 saturated heterocycles. The summed E-state index contributed by atoms with van der Waals surface area (Å²) in [6, 6.07) is 3.22. The average Bonchev–Trinajstić information content (AvgIpc) is 2.03. The summed E-state index contributed by atoms with van der Waals surface area (Å²) in [5.41, 5.74) is -0.448. The third kappa shape index (κ3) is 7.02. The maximum absolute atomic E-state index is 10.4. The van der Waals surface area contributed by atoms with Crippen LogP contribution in [0.15, 0.2) is 18.2 Å². The number of carboxylic acids is 1. The van der Waals surface area contributed by atoms with Crippen molar-refractivity contribution in [1.29, 1.82) is 0 Å². The number of carboxylic acid groups (broad SMARTS) is 1. The molecule has 0 aromatic heterocycles. The van der Waals surface area contributed by atoms with Gasteiger partial charge in [-0.25, -0.2) is 4.79 Å². The van der Waals surface area contributed by atoms with Crippen molar-refractivity contribution in [2.24, 2.45) is 0 Å². The Morgan fingerprint density at radius 1 is 1.25 bits per heavy atom. The molecule has 0 saturated carbocycles. The number of nitrogens with zero attached hydrogens (tertiary/aromatic N) is 1. The molecule has 0 aliphatic rings. The number of benzene rings is 1. The van der Waals surface area contributed by atoms with Crippen LogP contribution in [0.25, 0.3) is 0 Å². The second-order valence-electron chi connectivity index (χ2n) is 2.38. The van der Waals surface area contributed by atoms with Gasteiger partial charge in [0.25, 0.3) is 5.69 Å². The Hall–Kier alpha value is 1.47. The van der Waals surface area contributed by atoms with E-state index in [1.807, 2.05) is 0 Å². The predicted octanol–water partition coefficient (Wildman–Crippen LogP) is 0.0793. The van der Waals surface area contributed by atoms with Crippen molar-refractivity contribution < 1.29 is 113 Å². The smallest absolute Gasteiger partial charge is 0.335 e. The van der Waals surface area contributed by atoms with E-state index < -0.39 is 10.9 Å². The Labute approximate surface area is 169 Å². The molecule has 0 heterocycles. The Morgan fingerprint density at radius 3 is 2.12 bits per heavy atom. The summed E-state index contributed by atoms with van der Waals surface area (Å²) in [7, 11) is 5.27. The summed E-state index contributed by atoms with van der Waals surface area (Å²) in [6.07, 6.45) is 0. The van der Waals surface area contributed by atoms with Crippen molar-refractivity contribution in [3.63, 3.8) is 0 Å². The van der Waals surface area contributed by atoms with Gasteiger partial charge in [-0.3, -0.25) is 10.1 Å². The van der Waals surface area contributed by atoms with Crippen LogP contribution in [0.5, 0.6) is 0 Å². The molecular formula is C7H4BNO4Y3. The van der Waals surface area contributed by atoms with Crippen LogP contribution in [0.2, 0.25) is 0 Å². The van der Waals surface area contributed by atoms with Gasteiger partial charge in [0.05, 0.1) is 10.5 Å². The summed E-state index contributed by atoms with van der Waals surface area (Å²) in [6.45, 7) is 0. The summed E-state index contributed by atoms with van der Waals surface area (Å²) in [5.74, 6) is -1.24. The van der Waals surface area contributed by atoms with Gasteiger partial charge in [0.1, 0.15) is 7.85 Å². The van der Waals surface area contributed by atoms with E-state index >= 15 is 0 Å². The summed E-state index contributed by atoms with van der Waals surface area (Å²) >= 11 is 0. The Bertz CT molecular complexity index is 356. The topological polar surface area (TPSA) is 80.4 Å². The first kappa shape index (κ1) is 22.6. The van der Waals surface area contributed by atoms with Crippen LogP contribution in [0.4, 0.5) is 5.69 Å². The van der Waals surface area contributed by atoms with Crippen LogP contribution in [-0.2, 0) is 98.1 Å².